The van der Waals surface area contributed by atoms with E-state index in [0.29, 0.717) is 11.6 Å². The molecule has 0 aliphatic carbocycles. The van der Waals surface area contributed by atoms with Gasteiger partial charge in [-0.05, 0) is 123 Å². The smallest absolute Gasteiger partial charge is 0.160 e. The second-order valence-corrected chi connectivity index (χ2v) is 30.3. The summed E-state index contributed by atoms with van der Waals surface area (Å²) in [5.41, 5.74) is 26.5. The van der Waals surface area contributed by atoms with Crippen LogP contribution >= 0.6 is 22.7 Å². The lowest BCUT2D eigenvalue weighted by atomic mass is 9.93. The topological polar surface area (TPSA) is 90.7 Å². The summed E-state index contributed by atoms with van der Waals surface area (Å²) in [4.78, 5) is 24.8. The number of aromatic nitrogens is 5. The molecule has 0 unspecified atom stereocenters. The van der Waals surface area contributed by atoms with Gasteiger partial charge in [-0.25, -0.2) is 19.9 Å². The zero-order valence-corrected chi connectivity index (χ0v) is 61.9. The summed E-state index contributed by atoms with van der Waals surface area (Å²) in [6.07, 6.45) is 3.67. The summed E-state index contributed by atoms with van der Waals surface area (Å²) >= 11 is 3.68. The van der Waals surface area contributed by atoms with Crippen LogP contribution in [-0.4, -0.2) is 24.9 Å². The molecular formula is C103H63N5O2S2. The minimum atomic E-state index is 0.673. The Hall–Kier alpha value is -14.4. The fraction of sp³-hybridized carbons (Fsp3) is 0. The zero-order valence-electron chi connectivity index (χ0n) is 60.2. The van der Waals surface area contributed by atoms with E-state index in [1.165, 1.54) is 45.9 Å². The van der Waals surface area contributed by atoms with Crippen molar-refractivity contribution >= 4 is 107 Å². The summed E-state index contributed by atoms with van der Waals surface area (Å²) in [7, 11) is 0. The maximum atomic E-state index is 6.69. The van der Waals surface area contributed by atoms with Gasteiger partial charge in [0.1, 0.15) is 22.3 Å². The van der Waals surface area contributed by atoms with Crippen LogP contribution in [0.4, 0.5) is 0 Å². The lowest BCUT2D eigenvalue weighted by Crippen LogP contribution is -1.96. The summed E-state index contributed by atoms with van der Waals surface area (Å²) in [5, 5.41) is 9.64. The van der Waals surface area contributed by atoms with E-state index in [4.69, 9.17) is 28.8 Å². The Kier molecular flexibility index (Phi) is 16.5. The zero-order chi connectivity index (χ0) is 74.0. The van der Waals surface area contributed by atoms with E-state index in [0.717, 1.165) is 161 Å². The molecule has 0 spiro atoms. The SMILES string of the molecule is c1ccc(-c2cc(-c3ccc(-c4ccc(-c5ccc6c(c5)sc5ccccc56)c5oc6ccccc6c45)cc3)nc(-c3cccc(-c4cccnc4)c3)n2)cc1.c1ccc(-c2ccc(-c3nc(-c4ccccc4)cc(-c4ccc(-c5ccc(-c6ccc7c(c6)sc6ccccc67)c6oc7ccccc7c56)cc4)n3)cc2)cc1. The van der Waals surface area contributed by atoms with Crippen molar-refractivity contribution < 1.29 is 8.83 Å². The van der Waals surface area contributed by atoms with Crippen LogP contribution in [0.5, 0.6) is 0 Å². The number of furan rings is 2. The van der Waals surface area contributed by atoms with E-state index >= 15 is 0 Å². The molecule has 112 heavy (non-hydrogen) atoms. The molecule has 7 aromatic heterocycles. The number of benzene rings is 15. The van der Waals surface area contributed by atoms with E-state index in [9.17, 15) is 0 Å². The maximum Gasteiger partial charge on any atom is 0.160 e. The summed E-state index contributed by atoms with van der Waals surface area (Å²) in [6, 6.07) is 130. The monoisotopic (exact) mass is 1470 g/mol. The number of fused-ring (bicyclic) bond motifs is 12. The Bertz CT molecular complexity index is 7340. The van der Waals surface area contributed by atoms with Crippen LogP contribution in [0.1, 0.15) is 0 Å². The van der Waals surface area contributed by atoms with E-state index < -0.39 is 0 Å². The Morgan fingerprint density at radius 2 is 0.554 bits per heavy atom. The summed E-state index contributed by atoms with van der Waals surface area (Å²) in [6.45, 7) is 0. The third-order valence-corrected chi connectivity index (χ3v) is 23.6. The first kappa shape index (κ1) is 65.9. The molecule has 9 heteroatoms. The predicted molar refractivity (Wildman–Crippen MR) is 467 cm³/mol. The average Bonchev–Trinajstić information content (AvgIpc) is 1.58. The van der Waals surface area contributed by atoms with Gasteiger partial charge in [0.25, 0.3) is 0 Å². The molecule has 0 aliphatic rings. The quantitative estimate of drug-likeness (QED) is 0.120. The summed E-state index contributed by atoms with van der Waals surface area (Å²) < 4.78 is 18.5. The van der Waals surface area contributed by atoms with Crippen molar-refractivity contribution in [2.24, 2.45) is 0 Å². The molecular weight excluding hydrogens is 1400 g/mol. The number of thiophene rings is 2. The second-order valence-electron chi connectivity index (χ2n) is 28.1. The van der Waals surface area contributed by atoms with Crippen molar-refractivity contribution in [1.82, 2.24) is 24.9 Å². The molecule has 524 valence electrons. The Labute approximate surface area is 653 Å². The van der Waals surface area contributed by atoms with Crippen molar-refractivity contribution in [2.45, 2.75) is 0 Å². The fourth-order valence-corrected chi connectivity index (χ4v) is 18.1. The van der Waals surface area contributed by atoms with E-state index in [1.807, 2.05) is 89.5 Å². The number of para-hydroxylation sites is 2. The second kappa shape index (κ2) is 28.0. The molecule has 0 atom stereocenters. The molecule has 0 bridgehead atoms. The Morgan fingerprint density at radius 1 is 0.205 bits per heavy atom. The van der Waals surface area contributed by atoms with Crippen LogP contribution in [0.25, 0.3) is 219 Å². The first-order valence-electron chi connectivity index (χ1n) is 37.5. The van der Waals surface area contributed by atoms with Crippen LogP contribution in [0.3, 0.4) is 0 Å². The number of hydrogen-bond donors (Lipinski definition) is 0. The van der Waals surface area contributed by atoms with Gasteiger partial charge in [0, 0.05) is 124 Å². The first-order chi connectivity index (χ1) is 55.5. The highest BCUT2D eigenvalue weighted by molar-refractivity contribution is 7.26. The minimum Gasteiger partial charge on any atom is -0.455 e. The van der Waals surface area contributed by atoms with Gasteiger partial charge in [0.05, 0.1) is 22.8 Å². The van der Waals surface area contributed by atoms with Gasteiger partial charge in [-0.2, -0.15) is 0 Å². The molecule has 0 N–H and O–H groups in total. The molecule has 0 aliphatic heterocycles. The van der Waals surface area contributed by atoms with Gasteiger partial charge in [-0.3, -0.25) is 4.98 Å². The van der Waals surface area contributed by atoms with Gasteiger partial charge in [0.2, 0.25) is 0 Å². The van der Waals surface area contributed by atoms with Crippen molar-refractivity contribution in [3.05, 3.63) is 382 Å². The number of rotatable bonds is 12. The molecule has 7 nitrogen and oxygen atoms in total. The standard InChI is InChI=1S/C52H32N2OS.C51H31N3OS/c1-3-11-33(12-4-1)34-19-25-38(26-20-34)52-53-45(36-13-5-2-6-14-36)32-46(54-52)37-23-21-35(22-24-37)40-29-30-41(51-50(40)44-16-7-9-17-47(44)55-51)39-27-28-43-42-15-8-10-18-48(42)56-49(43)31-39;1-2-10-33(11-3-1)44-30-45(54-51(53-44)37-13-8-12-35(28-37)38-14-9-27-52-31-38)34-21-19-32(20-22-34)39-25-26-40(50-49(39)43-16-4-6-17-46(43)55-50)36-23-24-42-41-15-5-7-18-47(41)56-48(42)29-36/h1-32H;1-31H. The third kappa shape index (κ3) is 12.1. The van der Waals surface area contributed by atoms with Crippen molar-refractivity contribution in [1.29, 1.82) is 0 Å². The third-order valence-electron chi connectivity index (χ3n) is 21.4. The van der Waals surface area contributed by atoms with Gasteiger partial charge in [-0.15, -0.1) is 22.7 Å². The van der Waals surface area contributed by atoms with E-state index in [-0.39, 0.29) is 0 Å². The van der Waals surface area contributed by atoms with Crippen LogP contribution in [0.2, 0.25) is 0 Å². The molecule has 0 radical (unpaired) electrons. The van der Waals surface area contributed by atoms with Gasteiger partial charge in [-0.1, -0.05) is 297 Å². The van der Waals surface area contributed by atoms with Gasteiger partial charge >= 0.3 is 0 Å². The molecule has 7 heterocycles. The fourth-order valence-electron chi connectivity index (χ4n) is 15.8. The van der Waals surface area contributed by atoms with Crippen LogP contribution in [0.15, 0.2) is 391 Å². The van der Waals surface area contributed by atoms with E-state index in [1.54, 1.807) is 6.20 Å². The van der Waals surface area contributed by atoms with Crippen molar-refractivity contribution in [2.75, 3.05) is 0 Å². The van der Waals surface area contributed by atoms with Crippen LogP contribution < -0.4 is 0 Å². The summed E-state index contributed by atoms with van der Waals surface area (Å²) in [5.74, 6) is 1.37. The number of pyridine rings is 1. The molecule has 0 saturated heterocycles. The molecule has 15 aromatic carbocycles. The molecule has 0 amide bonds. The number of hydrogen-bond acceptors (Lipinski definition) is 9. The number of nitrogens with zero attached hydrogens (tertiary/aromatic N) is 5. The Morgan fingerprint density at radius 3 is 1.04 bits per heavy atom. The van der Waals surface area contributed by atoms with Crippen LogP contribution in [0, 0.1) is 0 Å². The van der Waals surface area contributed by atoms with Crippen molar-refractivity contribution in [3.63, 3.8) is 0 Å². The van der Waals surface area contributed by atoms with E-state index in [2.05, 4.69) is 314 Å². The highest BCUT2D eigenvalue weighted by Gasteiger charge is 2.23. The van der Waals surface area contributed by atoms with Gasteiger partial charge < -0.3 is 8.83 Å². The molecule has 22 rings (SSSR count). The Balaban J connectivity index is 0.000000141. The normalized spacial score (nSPS) is 11.6. The lowest BCUT2D eigenvalue weighted by molar-refractivity contribution is 0.669. The first-order valence-corrected chi connectivity index (χ1v) is 39.1. The lowest BCUT2D eigenvalue weighted by Gasteiger charge is -2.12. The highest BCUT2D eigenvalue weighted by atomic mass is 32.1. The highest BCUT2D eigenvalue weighted by Crippen LogP contribution is 2.47. The average molecular weight is 1470 g/mol. The van der Waals surface area contributed by atoms with Crippen molar-refractivity contribution in [3.8, 4) is 135 Å². The maximum absolute atomic E-state index is 6.69. The molecule has 0 saturated carbocycles. The largest absolute Gasteiger partial charge is 0.455 e. The predicted octanol–water partition coefficient (Wildman–Crippen LogP) is 28.9. The molecule has 0 fully saturated rings. The van der Waals surface area contributed by atoms with Crippen LogP contribution in [-0.2, 0) is 0 Å². The minimum absolute atomic E-state index is 0.673. The van der Waals surface area contributed by atoms with Gasteiger partial charge in [0.15, 0.2) is 11.6 Å². The molecule has 22 aromatic rings.